The Hall–Kier alpha value is -2.18. The summed E-state index contributed by atoms with van der Waals surface area (Å²) in [7, 11) is 0. The lowest BCUT2D eigenvalue weighted by Gasteiger charge is -2.35. The third-order valence-electron chi connectivity index (χ3n) is 5.50. The van der Waals surface area contributed by atoms with Crippen LogP contribution in [0.15, 0.2) is 42.7 Å². The Bertz CT molecular complexity index is 732. The van der Waals surface area contributed by atoms with Gasteiger partial charge >= 0.3 is 0 Å². The van der Waals surface area contributed by atoms with Crippen LogP contribution < -0.4 is 0 Å². The quantitative estimate of drug-likeness (QED) is 0.784. The number of hydrogen-bond acceptors (Lipinski definition) is 4. The number of carbonyl (C=O) groups excluding carboxylic acids is 1. The largest absolute Gasteiger partial charge is 0.377 e. The predicted octanol–water partition coefficient (Wildman–Crippen LogP) is 2.13. The van der Waals surface area contributed by atoms with Crippen molar-refractivity contribution in [3.8, 4) is 5.69 Å². The Kier molecular flexibility index (Phi) is 5.84. The number of carbonyl (C=O) groups is 1. The van der Waals surface area contributed by atoms with Crippen LogP contribution in [0.25, 0.3) is 5.69 Å². The van der Waals surface area contributed by atoms with Gasteiger partial charge in [-0.15, -0.1) is 0 Å². The number of ether oxygens (including phenoxy) is 1. The first kappa shape index (κ1) is 18.2. The average molecular weight is 368 g/mol. The Balaban J connectivity index is 1.21. The molecule has 2 aromatic rings. The van der Waals surface area contributed by atoms with Crippen molar-refractivity contribution >= 4 is 5.91 Å². The number of benzene rings is 1. The first-order chi connectivity index (χ1) is 13.3. The molecule has 2 saturated heterocycles. The molecule has 0 spiro atoms. The topological polar surface area (TPSA) is 50.6 Å². The normalized spacial score (nSPS) is 20.9. The molecule has 1 aromatic heterocycles. The molecule has 2 aliphatic rings. The molecule has 0 bridgehead atoms. The Morgan fingerprint density at radius 2 is 1.96 bits per heavy atom. The van der Waals surface area contributed by atoms with Crippen LogP contribution in [0.5, 0.6) is 0 Å². The van der Waals surface area contributed by atoms with Gasteiger partial charge < -0.3 is 9.64 Å². The van der Waals surface area contributed by atoms with E-state index >= 15 is 0 Å². The van der Waals surface area contributed by atoms with Crippen LogP contribution in [-0.4, -0.2) is 70.9 Å². The first-order valence-electron chi connectivity index (χ1n) is 9.98. The van der Waals surface area contributed by atoms with Gasteiger partial charge in [0.15, 0.2) is 0 Å². The van der Waals surface area contributed by atoms with E-state index in [0.717, 1.165) is 57.0 Å². The second-order valence-corrected chi connectivity index (χ2v) is 7.45. The molecule has 1 amide bonds. The van der Waals surface area contributed by atoms with Crippen LogP contribution in [-0.2, 0) is 16.0 Å². The van der Waals surface area contributed by atoms with Gasteiger partial charge in [-0.3, -0.25) is 9.69 Å². The van der Waals surface area contributed by atoms with Crippen LogP contribution in [0.1, 0.15) is 24.8 Å². The zero-order valence-electron chi connectivity index (χ0n) is 15.8. The van der Waals surface area contributed by atoms with Gasteiger partial charge in [-0.25, -0.2) is 4.68 Å². The molecule has 1 atom stereocenters. The van der Waals surface area contributed by atoms with Gasteiger partial charge in [0.1, 0.15) is 0 Å². The van der Waals surface area contributed by atoms with E-state index in [1.165, 1.54) is 12.8 Å². The fourth-order valence-electron chi connectivity index (χ4n) is 3.88. The van der Waals surface area contributed by atoms with Gasteiger partial charge in [0.25, 0.3) is 0 Å². The van der Waals surface area contributed by atoms with Crippen molar-refractivity contribution in [2.45, 2.75) is 31.8 Å². The maximum Gasteiger partial charge on any atom is 0.222 e. The SMILES string of the molecule is O=C(CCc1cnn(-c2ccccc2)c1)N1CCN(CC2CCCO2)CC1. The van der Waals surface area contributed by atoms with Gasteiger partial charge in [0.2, 0.25) is 5.91 Å². The van der Waals surface area contributed by atoms with Gasteiger partial charge in [-0.1, -0.05) is 18.2 Å². The number of para-hydroxylation sites is 1. The number of hydrogen-bond donors (Lipinski definition) is 0. The number of aryl methyl sites for hydroxylation is 1. The molecule has 6 nitrogen and oxygen atoms in total. The maximum atomic E-state index is 12.6. The van der Waals surface area contributed by atoms with E-state index in [-0.39, 0.29) is 5.91 Å². The summed E-state index contributed by atoms with van der Waals surface area (Å²) in [6, 6.07) is 10.0. The highest BCUT2D eigenvalue weighted by molar-refractivity contribution is 5.76. The minimum atomic E-state index is 0.249. The fraction of sp³-hybridized carbons (Fsp3) is 0.524. The molecular formula is C21H28N4O2. The molecule has 0 aliphatic carbocycles. The highest BCUT2D eigenvalue weighted by atomic mass is 16.5. The highest BCUT2D eigenvalue weighted by Gasteiger charge is 2.24. The van der Waals surface area contributed by atoms with Gasteiger partial charge in [0, 0.05) is 51.9 Å². The van der Waals surface area contributed by atoms with Crippen LogP contribution >= 0.6 is 0 Å². The van der Waals surface area contributed by atoms with E-state index < -0.39 is 0 Å². The summed E-state index contributed by atoms with van der Waals surface area (Å²) in [5, 5.41) is 4.41. The van der Waals surface area contributed by atoms with Crippen LogP contribution in [0.3, 0.4) is 0 Å². The molecule has 2 aliphatic heterocycles. The molecule has 1 unspecified atom stereocenters. The van der Waals surface area contributed by atoms with Gasteiger partial charge in [-0.05, 0) is 37.0 Å². The summed E-state index contributed by atoms with van der Waals surface area (Å²) >= 11 is 0. The van der Waals surface area contributed by atoms with Crippen molar-refractivity contribution in [2.24, 2.45) is 0 Å². The zero-order chi connectivity index (χ0) is 18.5. The number of piperazine rings is 1. The summed E-state index contributed by atoms with van der Waals surface area (Å²) in [5.41, 5.74) is 2.14. The standard InChI is InChI=1S/C21H28N4O2/c26-21(24-12-10-23(11-13-24)17-20-7-4-14-27-20)9-8-18-15-22-25(16-18)19-5-2-1-3-6-19/h1-3,5-6,15-16,20H,4,7-14,17H2. The minimum Gasteiger partial charge on any atom is -0.377 e. The van der Waals surface area contributed by atoms with Gasteiger partial charge in [-0.2, -0.15) is 5.10 Å². The average Bonchev–Trinajstić information content (AvgIpc) is 3.39. The smallest absolute Gasteiger partial charge is 0.222 e. The van der Waals surface area contributed by atoms with Crippen molar-refractivity contribution in [1.29, 1.82) is 0 Å². The van der Waals surface area contributed by atoms with E-state index in [1.807, 2.05) is 52.3 Å². The van der Waals surface area contributed by atoms with Crippen molar-refractivity contribution in [2.75, 3.05) is 39.3 Å². The molecular weight excluding hydrogens is 340 g/mol. The van der Waals surface area contributed by atoms with Crippen LogP contribution in [0, 0.1) is 0 Å². The van der Waals surface area contributed by atoms with E-state index in [1.54, 1.807) is 0 Å². The molecule has 0 N–H and O–H groups in total. The van der Waals surface area contributed by atoms with Gasteiger partial charge in [0.05, 0.1) is 18.0 Å². The third-order valence-corrected chi connectivity index (χ3v) is 5.50. The predicted molar refractivity (Wildman–Crippen MR) is 104 cm³/mol. The van der Waals surface area contributed by atoms with Crippen LogP contribution in [0.2, 0.25) is 0 Å². The molecule has 144 valence electrons. The number of aromatic nitrogens is 2. The van der Waals surface area contributed by atoms with E-state index in [9.17, 15) is 4.79 Å². The van der Waals surface area contributed by atoms with E-state index in [4.69, 9.17) is 4.74 Å². The molecule has 0 radical (unpaired) electrons. The molecule has 3 heterocycles. The van der Waals surface area contributed by atoms with Crippen molar-refractivity contribution in [3.63, 3.8) is 0 Å². The maximum absolute atomic E-state index is 12.6. The monoisotopic (exact) mass is 368 g/mol. The fourth-order valence-corrected chi connectivity index (χ4v) is 3.88. The molecule has 4 rings (SSSR count). The lowest BCUT2D eigenvalue weighted by atomic mass is 10.1. The molecule has 2 fully saturated rings. The first-order valence-corrected chi connectivity index (χ1v) is 9.98. The summed E-state index contributed by atoms with van der Waals surface area (Å²) in [6.45, 7) is 5.49. The molecule has 0 saturated carbocycles. The Morgan fingerprint density at radius 1 is 1.15 bits per heavy atom. The highest BCUT2D eigenvalue weighted by Crippen LogP contribution is 2.15. The summed E-state index contributed by atoms with van der Waals surface area (Å²) in [5.74, 6) is 0.249. The van der Waals surface area contributed by atoms with Crippen molar-refractivity contribution in [3.05, 3.63) is 48.3 Å². The summed E-state index contributed by atoms with van der Waals surface area (Å²) in [6.07, 6.45) is 7.92. The van der Waals surface area contributed by atoms with Crippen molar-refractivity contribution in [1.82, 2.24) is 19.6 Å². The third kappa shape index (κ3) is 4.76. The van der Waals surface area contributed by atoms with Crippen molar-refractivity contribution < 1.29 is 9.53 Å². The number of rotatable bonds is 6. The summed E-state index contributed by atoms with van der Waals surface area (Å²) < 4.78 is 7.59. The van der Waals surface area contributed by atoms with Crippen LogP contribution in [0.4, 0.5) is 0 Å². The number of amides is 1. The second-order valence-electron chi connectivity index (χ2n) is 7.45. The summed E-state index contributed by atoms with van der Waals surface area (Å²) in [4.78, 5) is 17.0. The molecule has 6 heteroatoms. The molecule has 27 heavy (non-hydrogen) atoms. The second kappa shape index (κ2) is 8.67. The lowest BCUT2D eigenvalue weighted by Crippen LogP contribution is -2.50. The molecule has 1 aromatic carbocycles. The zero-order valence-corrected chi connectivity index (χ0v) is 15.8. The Morgan fingerprint density at radius 3 is 2.70 bits per heavy atom. The number of nitrogens with zero attached hydrogens (tertiary/aromatic N) is 4. The minimum absolute atomic E-state index is 0.249. The van der Waals surface area contributed by atoms with E-state index in [0.29, 0.717) is 12.5 Å². The lowest BCUT2D eigenvalue weighted by molar-refractivity contribution is -0.133. The Labute approximate surface area is 160 Å². The van der Waals surface area contributed by atoms with E-state index in [2.05, 4.69) is 10.00 Å².